The Morgan fingerprint density at radius 2 is 1.83 bits per heavy atom. The molecule has 1 aliphatic heterocycles. The summed E-state index contributed by atoms with van der Waals surface area (Å²) in [5, 5.41) is 3.36. The van der Waals surface area contributed by atoms with E-state index in [1.165, 1.54) is 0 Å². The van der Waals surface area contributed by atoms with Crippen LogP contribution in [-0.4, -0.2) is 11.6 Å². The first-order valence-corrected chi connectivity index (χ1v) is 8.99. The van der Waals surface area contributed by atoms with Crippen LogP contribution >= 0.6 is 15.9 Å². The number of dihydropyridines is 1. The molecule has 126 valence electrons. The van der Waals surface area contributed by atoms with Gasteiger partial charge in [-0.25, -0.2) is 0 Å². The minimum atomic E-state index is -0.268. The van der Waals surface area contributed by atoms with Crippen molar-refractivity contribution in [3.05, 3.63) is 56.8 Å². The second kappa shape index (κ2) is 5.99. The lowest BCUT2D eigenvalue weighted by atomic mass is 9.68. The zero-order valence-corrected chi connectivity index (χ0v) is 16.1. The molecule has 0 spiro atoms. The van der Waals surface area contributed by atoms with Crippen LogP contribution in [0.1, 0.15) is 52.0 Å². The molecule has 1 N–H and O–H groups in total. The van der Waals surface area contributed by atoms with E-state index < -0.39 is 0 Å². The molecule has 0 radical (unpaired) electrons. The second-order valence-corrected chi connectivity index (χ2v) is 8.45. The molecule has 1 atom stereocenters. The molecule has 0 bridgehead atoms. The van der Waals surface area contributed by atoms with Crippen molar-refractivity contribution in [1.82, 2.24) is 5.32 Å². The van der Waals surface area contributed by atoms with Crippen molar-refractivity contribution >= 4 is 27.5 Å². The quantitative estimate of drug-likeness (QED) is 0.803. The van der Waals surface area contributed by atoms with Crippen molar-refractivity contribution in [3.63, 3.8) is 0 Å². The van der Waals surface area contributed by atoms with Gasteiger partial charge < -0.3 is 5.32 Å². The first-order valence-electron chi connectivity index (χ1n) is 8.20. The summed E-state index contributed by atoms with van der Waals surface area (Å²) in [7, 11) is 0. The standard InChI is InChI=1S/C20H22BrNO2/c1-11-17(12(2)23)18(13-5-7-14(21)8-6-13)19-15(22-11)9-20(3,4)10-16(19)24/h5-8,18,22H,9-10H2,1-4H3. The van der Waals surface area contributed by atoms with Crippen molar-refractivity contribution in [2.45, 2.75) is 46.5 Å². The van der Waals surface area contributed by atoms with Crippen LogP contribution in [0.2, 0.25) is 0 Å². The fourth-order valence-electron chi connectivity index (χ4n) is 3.89. The number of benzene rings is 1. The Kier molecular flexibility index (Phi) is 4.28. The van der Waals surface area contributed by atoms with Gasteiger partial charge >= 0.3 is 0 Å². The van der Waals surface area contributed by atoms with Crippen LogP contribution in [0.5, 0.6) is 0 Å². The number of hydrogen-bond acceptors (Lipinski definition) is 3. The molecule has 1 unspecified atom stereocenters. The number of carbonyl (C=O) groups is 2. The van der Waals surface area contributed by atoms with E-state index in [1.807, 2.05) is 31.2 Å². The van der Waals surface area contributed by atoms with Crippen molar-refractivity contribution in [1.29, 1.82) is 0 Å². The fraction of sp³-hybridized carbons (Fsp3) is 0.400. The predicted molar refractivity (Wildman–Crippen MR) is 98.4 cm³/mol. The van der Waals surface area contributed by atoms with E-state index >= 15 is 0 Å². The third-order valence-corrected chi connectivity index (χ3v) is 5.35. The van der Waals surface area contributed by atoms with Gasteiger partial charge in [-0.05, 0) is 43.4 Å². The van der Waals surface area contributed by atoms with E-state index in [1.54, 1.807) is 6.92 Å². The first kappa shape index (κ1) is 17.2. The Hall–Kier alpha value is -1.68. The zero-order chi connectivity index (χ0) is 17.6. The van der Waals surface area contributed by atoms with Crippen LogP contribution < -0.4 is 5.32 Å². The van der Waals surface area contributed by atoms with Crippen LogP contribution in [-0.2, 0) is 9.59 Å². The molecule has 1 aliphatic carbocycles. The topological polar surface area (TPSA) is 46.2 Å². The number of carbonyl (C=O) groups excluding carboxylic acids is 2. The smallest absolute Gasteiger partial charge is 0.162 e. The van der Waals surface area contributed by atoms with Crippen LogP contribution in [0.15, 0.2) is 51.3 Å². The third-order valence-electron chi connectivity index (χ3n) is 4.82. The molecule has 0 aromatic heterocycles. The Labute approximate surface area is 151 Å². The van der Waals surface area contributed by atoms with E-state index in [0.29, 0.717) is 12.0 Å². The summed E-state index contributed by atoms with van der Waals surface area (Å²) >= 11 is 3.45. The largest absolute Gasteiger partial charge is 0.362 e. The van der Waals surface area contributed by atoms with E-state index in [4.69, 9.17) is 0 Å². The van der Waals surface area contributed by atoms with Gasteiger partial charge in [0.2, 0.25) is 0 Å². The van der Waals surface area contributed by atoms with Gasteiger partial charge in [-0.1, -0.05) is 41.9 Å². The molecule has 0 saturated carbocycles. The lowest BCUT2D eigenvalue weighted by molar-refractivity contribution is -0.118. The lowest BCUT2D eigenvalue weighted by Crippen LogP contribution is -2.38. The molecule has 4 heteroatoms. The van der Waals surface area contributed by atoms with Gasteiger partial charge in [-0.2, -0.15) is 0 Å². The summed E-state index contributed by atoms with van der Waals surface area (Å²) in [4.78, 5) is 25.3. The molecule has 1 aromatic carbocycles. The molecule has 3 rings (SSSR count). The van der Waals surface area contributed by atoms with E-state index in [-0.39, 0.29) is 22.9 Å². The average molecular weight is 388 g/mol. The molecular weight excluding hydrogens is 366 g/mol. The molecule has 24 heavy (non-hydrogen) atoms. The van der Waals surface area contributed by atoms with Crippen molar-refractivity contribution in [2.24, 2.45) is 5.41 Å². The predicted octanol–water partition coefficient (Wildman–Crippen LogP) is 4.64. The van der Waals surface area contributed by atoms with Crippen LogP contribution in [0.4, 0.5) is 0 Å². The van der Waals surface area contributed by atoms with Gasteiger partial charge in [0.15, 0.2) is 11.6 Å². The molecule has 0 saturated heterocycles. The van der Waals surface area contributed by atoms with Crippen molar-refractivity contribution in [2.75, 3.05) is 0 Å². The van der Waals surface area contributed by atoms with Gasteiger partial charge in [-0.3, -0.25) is 9.59 Å². The van der Waals surface area contributed by atoms with Gasteiger partial charge in [0.1, 0.15) is 0 Å². The summed E-state index contributed by atoms with van der Waals surface area (Å²) in [5.74, 6) is -0.111. The van der Waals surface area contributed by atoms with E-state index in [2.05, 4.69) is 35.1 Å². The molecule has 0 fully saturated rings. The Morgan fingerprint density at radius 3 is 2.42 bits per heavy atom. The van der Waals surface area contributed by atoms with E-state index in [9.17, 15) is 9.59 Å². The molecule has 0 amide bonds. The van der Waals surface area contributed by atoms with Crippen LogP contribution in [0.25, 0.3) is 0 Å². The maximum atomic E-state index is 12.9. The Morgan fingerprint density at radius 1 is 1.21 bits per heavy atom. The normalized spacial score (nSPS) is 23.0. The number of ketones is 2. The van der Waals surface area contributed by atoms with Gasteiger partial charge in [0, 0.05) is 39.4 Å². The molecule has 1 aromatic rings. The van der Waals surface area contributed by atoms with E-state index in [0.717, 1.165) is 33.4 Å². The molecule has 3 nitrogen and oxygen atoms in total. The van der Waals surface area contributed by atoms with Gasteiger partial charge in [0.25, 0.3) is 0 Å². The highest BCUT2D eigenvalue weighted by Crippen LogP contribution is 2.46. The number of halogens is 1. The van der Waals surface area contributed by atoms with Crippen LogP contribution in [0, 0.1) is 5.41 Å². The summed E-state index contributed by atoms with van der Waals surface area (Å²) in [6, 6.07) is 7.91. The SMILES string of the molecule is CC(=O)C1=C(C)NC2=C(C(=O)CC(C)(C)C2)C1c1ccc(Br)cc1. The maximum absolute atomic E-state index is 12.9. The van der Waals surface area contributed by atoms with Gasteiger partial charge in [0.05, 0.1) is 0 Å². The number of Topliss-reactive ketones (excluding diaryl/α,β-unsaturated/α-hetero) is 2. The maximum Gasteiger partial charge on any atom is 0.162 e. The number of nitrogens with one attached hydrogen (secondary N) is 1. The fourth-order valence-corrected chi connectivity index (χ4v) is 4.16. The number of hydrogen-bond donors (Lipinski definition) is 1. The number of rotatable bonds is 2. The molecule has 1 heterocycles. The van der Waals surface area contributed by atoms with Crippen LogP contribution in [0.3, 0.4) is 0 Å². The summed E-state index contributed by atoms with van der Waals surface area (Å²) in [5.41, 5.74) is 4.24. The summed E-state index contributed by atoms with van der Waals surface area (Å²) in [6.07, 6.45) is 1.34. The summed E-state index contributed by atoms with van der Waals surface area (Å²) < 4.78 is 0.982. The lowest BCUT2D eigenvalue weighted by Gasteiger charge is -2.39. The highest BCUT2D eigenvalue weighted by atomic mass is 79.9. The monoisotopic (exact) mass is 387 g/mol. The number of allylic oxidation sites excluding steroid dienone is 4. The summed E-state index contributed by atoms with van der Waals surface area (Å²) in [6.45, 7) is 7.74. The highest BCUT2D eigenvalue weighted by molar-refractivity contribution is 9.10. The zero-order valence-electron chi connectivity index (χ0n) is 14.5. The minimum absolute atomic E-state index is 0.0112. The Bertz CT molecular complexity index is 784. The van der Waals surface area contributed by atoms with Crippen molar-refractivity contribution in [3.8, 4) is 0 Å². The van der Waals surface area contributed by atoms with Crippen molar-refractivity contribution < 1.29 is 9.59 Å². The van der Waals surface area contributed by atoms with Gasteiger partial charge in [-0.15, -0.1) is 0 Å². The second-order valence-electron chi connectivity index (χ2n) is 7.54. The highest BCUT2D eigenvalue weighted by Gasteiger charge is 2.41. The molecular formula is C20H22BrNO2. The third kappa shape index (κ3) is 3.00. The first-order chi connectivity index (χ1) is 11.2. The Balaban J connectivity index is 2.19. The average Bonchev–Trinajstić information content (AvgIpc) is 2.44. The molecule has 2 aliphatic rings. The minimum Gasteiger partial charge on any atom is -0.362 e.